The van der Waals surface area contributed by atoms with Gasteiger partial charge in [-0.3, -0.25) is 14.5 Å². The van der Waals surface area contributed by atoms with Crippen molar-refractivity contribution in [1.29, 1.82) is 0 Å². The maximum atomic E-state index is 13.5. The molecule has 5 rings (SSSR count). The van der Waals surface area contributed by atoms with Crippen molar-refractivity contribution in [1.82, 2.24) is 4.98 Å². The minimum Gasteiger partial charge on any atom is -0.507 e. The average Bonchev–Trinajstić information content (AvgIpc) is 3.37. The summed E-state index contributed by atoms with van der Waals surface area (Å²) >= 11 is 7.40. The summed E-state index contributed by atoms with van der Waals surface area (Å²) in [7, 11) is 0. The van der Waals surface area contributed by atoms with Crippen molar-refractivity contribution in [3.8, 4) is 0 Å². The highest BCUT2D eigenvalue weighted by Crippen LogP contribution is 2.45. The number of aliphatic hydroxyl groups is 1. The summed E-state index contributed by atoms with van der Waals surface area (Å²) < 4.78 is 0.939. The van der Waals surface area contributed by atoms with Crippen molar-refractivity contribution in [3.63, 3.8) is 0 Å². The van der Waals surface area contributed by atoms with Gasteiger partial charge in [0.1, 0.15) is 5.76 Å². The highest BCUT2D eigenvalue weighted by atomic mass is 35.5. The Morgan fingerprint density at radius 3 is 2.27 bits per heavy atom. The van der Waals surface area contributed by atoms with Gasteiger partial charge in [-0.2, -0.15) is 0 Å². The van der Waals surface area contributed by atoms with Crippen LogP contribution in [0, 0.1) is 13.8 Å². The van der Waals surface area contributed by atoms with E-state index in [4.69, 9.17) is 16.6 Å². The number of aryl methyl sites for hydroxylation is 2. The highest BCUT2D eigenvalue weighted by molar-refractivity contribution is 7.22. The first-order valence-electron chi connectivity index (χ1n) is 12.0. The largest absolute Gasteiger partial charge is 0.507 e. The molecular weight excluding hydrogens is 504 g/mol. The monoisotopic (exact) mass is 530 g/mol. The van der Waals surface area contributed by atoms with E-state index in [1.165, 1.54) is 16.2 Å². The molecule has 1 amide bonds. The van der Waals surface area contributed by atoms with Crippen LogP contribution in [0.1, 0.15) is 54.6 Å². The third kappa shape index (κ3) is 4.45. The first kappa shape index (κ1) is 25.2. The number of benzene rings is 3. The third-order valence-corrected chi connectivity index (χ3v) is 7.93. The zero-order valence-electron chi connectivity index (χ0n) is 21.3. The molecule has 1 aromatic heterocycles. The van der Waals surface area contributed by atoms with Gasteiger partial charge in [-0.05, 0) is 71.8 Å². The SMILES string of the molecule is Cc1cc(C)c2nc(N3C(=O)C(=O)/C(=C(/O)c4ccc(Cl)cc4)[C@H]3c3ccc(C(C)(C)C)cc3)sc2c1. The first-order valence-corrected chi connectivity index (χ1v) is 13.2. The second-order valence-electron chi connectivity index (χ2n) is 10.5. The van der Waals surface area contributed by atoms with E-state index in [1.54, 1.807) is 24.3 Å². The molecule has 2 heterocycles. The number of ketones is 1. The first-order chi connectivity index (χ1) is 17.5. The summed E-state index contributed by atoms with van der Waals surface area (Å²) in [6, 6.07) is 17.6. The number of hydrogen-bond donors (Lipinski definition) is 1. The molecule has 1 saturated heterocycles. The Kier molecular flexibility index (Phi) is 6.21. The number of thiazole rings is 1. The standard InChI is InChI=1S/C30H27ClN2O3S/c1-16-14-17(2)24-22(15-16)37-29(32-24)33-25(18-6-10-20(11-7-18)30(3,4)5)23(27(35)28(33)36)26(34)19-8-12-21(31)13-9-19/h6-15,25,34H,1-5H3/b26-23+/t25-/m1/s1. The third-order valence-electron chi connectivity index (χ3n) is 6.68. The van der Waals surface area contributed by atoms with Crippen LogP contribution in [-0.4, -0.2) is 21.8 Å². The van der Waals surface area contributed by atoms with Gasteiger partial charge in [0.05, 0.1) is 21.8 Å². The van der Waals surface area contributed by atoms with Crippen molar-refractivity contribution in [3.05, 3.63) is 99.1 Å². The number of hydrogen-bond acceptors (Lipinski definition) is 5. The zero-order valence-corrected chi connectivity index (χ0v) is 22.9. The van der Waals surface area contributed by atoms with Crippen LogP contribution < -0.4 is 4.90 Å². The smallest absolute Gasteiger partial charge is 0.301 e. The van der Waals surface area contributed by atoms with Gasteiger partial charge in [-0.15, -0.1) is 0 Å². The van der Waals surface area contributed by atoms with Gasteiger partial charge in [0.15, 0.2) is 5.13 Å². The fourth-order valence-corrected chi connectivity index (χ4v) is 6.03. The molecule has 1 N–H and O–H groups in total. The van der Waals surface area contributed by atoms with Gasteiger partial charge in [-0.1, -0.05) is 74.0 Å². The summed E-state index contributed by atoms with van der Waals surface area (Å²) in [5, 5.41) is 12.2. The van der Waals surface area contributed by atoms with E-state index in [1.807, 2.05) is 50.2 Å². The van der Waals surface area contributed by atoms with Crippen LogP contribution in [-0.2, 0) is 15.0 Å². The normalized spacial score (nSPS) is 17.7. The Morgan fingerprint density at radius 2 is 1.65 bits per heavy atom. The van der Waals surface area contributed by atoms with E-state index in [9.17, 15) is 14.7 Å². The Bertz CT molecular complexity index is 1580. The molecule has 1 fully saturated rings. The highest BCUT2D eigenvalue weighted by Gasteiger charge is 2.48. The van der Waals surface area contributed by atoms with E-state index in [-0.39, 0.29) is 16.7 Å². The maximum absolute atomic E-state index is 13.5. The number of fused-ring (bicyclic) bond motifs is 1. The number of amides is 1. The van der Waals surface area contributed by atoms with Crippen LogP contribution in [0.25, 0.3) is 16.0 Å². The topological polar surface area (TPSA) is 70.5 Å². The number of aliphatic hydroxyl groups excluding tert-OH is 1. The number of Topliss-reactive ketones (excluding diaryl/α,β-unsaturated/α-hetero) is 1. The lowest BCUT2D eigenvalue weighted by molar-refractivity contribution is -0.132. The van der Waals surface area contributed by atoms with E-state index in [2.05, 4.69) is 20.8 Å². The van der Waals surface area contributed by atoms with E-state index < -0.39 is 17.7 Å². The molecule has 0 bridgehead atoms. The van der Waals surface area contributed by atoms with E-state index in [0.29, 0.717) is 15.7 Å². The fraction of sp³-hybridized carbons (Fsp3) is 0.233. The number of nitrogens with zero attached hydrogens (tertiary/aromatic N) is 2. The Morgan fingerprint density at radius 1 is 1.00 bits per heavy atom. The van der Waals surface area contributed by atoms with Gasteiger partial charge in [0, 0.05) is 10.6 Å². The number of rotatable bonds is 3. The number of anilines is 1. The van der Waals surface area contributed by atoms with Gasteiger partial charge < -0.3 is 5.11 Å². The summed E-state index contributed by atoms with van der Waals surface area (Å²) in [6.45, 7) is 10.4. The molecule has 0 spiro atoms. The van der Waals surface area contributed by atoms with E-state index >= 15 is 0 Å². The fourth-order valence-electron chi connectivity index (χ4n) is 4.74. The average molecular weight is 531 g/mol. The predicted molar refractivity (Wildman–Crippen MR) is 150 cm³/mol. The zero-order chi connectivity index (χ0) is 26.6. The second kappa shape index (κ2) is 9.12. The van der Waals surface area contributed by atoms with Gasteiger partial charge in [0.25, 0.3) is 5.78 Å². The lowest BCUT2D eigenvalue weighted by Gasteiger charge is -2.24. The molecule has 5 nitrogen and oxygen atoms in total. The molecule has 1 aliphatic rings. The van der Waals surface area contributed by atoms with Crippen LogP contribution in [0.4, 0.5) is 5.13 Å². The Labute approximate surface area is 225 Å². The molecule has 0 radical (unpaired) electrons. The number of aromatic nitrogens is 1. The molecule has 1 aliphatic heterocycles. The predicted octanol–water partition coefficient (Wildman–Crippen LogP) is 7.49. The molecule has 1 atom stereocenters. The Hall–Kier alpha value is -3.48. The Balaban J connectivity index is 1.73. The summed E-state index contributed by atoms with van der Waals surface area (Å²) in [4.78, 5) is 33.2. The summed E-state index contributed by atoms with van der Waals surface area (Å²) in [5.41, 5.74) is 5.11. The molecule has 0 aliphatic carbocycles. The lowest BCUT2D eigenvalue weighted by atomic mass is 9.85. The number of carbonyl (C=O) groups excluding carboxylic acids is 2. The van der Waals surface area contributed by atoms with Crippen LogP contribution in [0.2, 0.25) is 5.02 Å². The van der Waals surface area contributed by atoms with Crippen molar-refractivity contribution in [2.75, 3.05) is 4.90 Å². The van der Waals surface area contributed by atoms with Crippen LogP contribution >= 0.6 is 22.9 Å². The quantitative estimate of drug-likeness (QED) is 0.169. The number of halogens is 1. The maximum Gasteiger partial charge on any atom is 0.301 e. The molecule has 3 aromatic carbocycles. The van der Waals surface area contributed by atoms with Gasteiger partial charge in [0.2, 0.25) is 0 Å². The van der Waals surface area contributed by atoms with Crippen molar-refractivity contribution >= 4 is 55.7 Å². The molecule has 0 unspecified atom stereocenters. The van der Waals surface area contributed by atoms with Crippen molar-refractivity contribution in [2.45, 2.75) is 46.1 Å². The molecule has 37 heavy (non-hydrogen) atoms. The van der Waals surface area contributed by atoms with Crippen LogP contribution in [0.5, 0.6) is 0 Å². The molecule has 188 valence electrons. The lowest BCUT2D eigenvalue weighted by Crippen LogP contribution is -2.29. The minimum absolute atomic E-state index is 0.0305. The molecule has 0 saturated carbocycles. The number of carbonyl (C=O) groups is 2. The summed E-state index contributed by atoms with van der Waals surface area (Å²) in [5.74, 6) is -1.70. The molecule has 7 heteroatoms. The van der Waals surface area contributed by atoms with Crippen LogP contribution in [0.3, 0.4) is 0 Å². The van der Waals surface area contributed by atoms with Gasteiger partial charge >= 0.3 is 5.91 Å². The second-order valence-corrected chi connectivity index (χ2v) is 11.9. The molecular formula is C30H27ClN2O3S. The minimum atomic E-state index is -0.827. The summed E-state index contributed by atoms with van der Waals surface area (Å²) in [6.07, 6.45) is 0. The van der Waals surface area contributed by atoms with Gasteiger partial charge in [-0.25, -0.2) is 4.98 Å². The van der Waals surface area contributed by atoms with Crippen LogP contribution in [0.15, 0.2) is 66.2 Å². The van der Waals surface area contributed by atoms with E-state index in [0.717, 1.165) is 32.5 Å². The van der Waals surface area contributed by atoms with Crippen molar-refractivity contribution in [2.24, 2.45) is 0 Å². The van der Waals surface area contributed by atoms with Crippen molar-refractivity contribution < 1.29 is 14.7 Å². The molecule has 4 aromatic rings.